The van der Waals surface area contributed by atoms with Crippen molar-refractivity contribution in [2.75, 3.05) is 5.32 Å². The Morgan fingerprint density at radius 1 is 1.12 bits per heavy atom. The molecule has 2 aromatic carbocycles. The summed E-state index contributed by atoms with van der Waals surface area (Å²) in [5, 5.41) is 3.50. The molecule has 0 bridgehead atoms. The van der Waals surface area contributed by atoms with Crippen molar-refractivity contribution in [1.29, 1.82) is 0 Å². The molecule has 0 fully saturated rings. The molecule has 1 aliphatic heterocycles. The average Bonchev–Trinajstić information content (AvgIpc) is 3.08. The number of anilines is 1. The van der Waals surface area contributed by atoms with Crippen LogP contribution in [0.3, 0.4) is 0 Å². The third kappa shape index (κ3) is 2.96. The highest BCUT2D eigenvalue weighted by Crippen LogP contribution is 2.39. The topological polar surface area (TPSA) is 112 Å². The lowest BCUT2D eigenvalue weighted by Gasteiger charge is -2.06. The summed E-state index contributed by atoms with van der Waals surface area (Å²) in [7, 11) is -4.63. The molecule has 0 spiro atoms. The van der Waals surface area contributed by atoms with Crippen molar-refractivity contribution in [2.24, 2.45) is 0 Å². The van der Waals surface area contributed by atoms with Crippen LogP contribution < -0.4 is 9.84 Å². The summed E-state index contributed by atoms with van der Waals surface area (Å²) >= 11 is 0. The predicted octanol–water partition coefficient (Wildman–Crippen LogP) is 3.13. The van der Waals surface area contributed by atoms with Crippen molar-refractivity contribution in [3.8, 4) is 5.75 Å². The summed E-state index contributed by atoms with van der Waals surface area (Å²) in [5.74, 6) is -0.144. The molecule has 0 saturated heterocycles. The van der Waals surface area contributed by atoms with Gasteiger partial charge in [-0.1, -0.05) is 18.2 Å². The summed E-state index contributed by atoms with van der Waals surface area (Å²) in [6.45, 7) is 0. The number of hydrogen-bond acceptors (Lipinski definition) is 3. The van der Waals surface area contributed by atoms with Gasteiger partial charge in [-0.2, -0.15) is 0 Å². The average molecular weight is 356 g/mol. The Kier molecular flexibility index (Phi) is 3.51. The number of H-pyrrole nitrogens is 1. The molecule has 1 aliphatic rings. The van der Waals surface area contributed by atoms with Crippen LogP contribution in [0.4, 0.5) is 5.69 Å². The molecule has 8 heteroatoms. The summed E-state index contributed by atoms with van der Waals surface area (Å²) in [5.41, 5.74) is 3.57. The maximum Gasteiger partial charge on any atom is 0.524 e. The van der Waals surface area contributed by atoms with Crippen molar-refractivity contribution in [1.82, 2.24) is 4.98 Å². The van der Waals surface area contributed by atoms with Gasteiger partial charge in [0.15, 0.2) is 0 Å². The molecule has 126 valence electrons. The number of rotatable bonds is 3. The fraction of sp³-hybridized carbons (Fsp3) is 0. The number of hydrogen-bond donors (Lipinski definition) is 4. The number of fused-ring (bicyclic) bond motifs is 2. The predicted molar refractivity (Wildman–Crippen MR) is 93.9 cm³/mol. The van der Waals surface area contributed by atoms with E-state index >= 15 is 0 Å². The van der Waals surface area contributed by atoms with Gasteiger partial charge in [0.25, 0.3) is 5.91 Å². The molecule has 1 amide bonds. The maximum atomic E-state index is 12.2. The van der Waals surface area contributed by atoms with Crippen LogP contribution in [0.5, 0.6) is 5.75 Å². The number of aromatic nitrogens is 1. The zero-order valence-corrected chi connectivity index (χ0v) is 13.7. The van der Waals surface area contributed by atoms with E-state index in [1.165, 1.54) is 12.1 Å². The summed E-state index contributed by atoms with van der Waals surface area (Å²) in [6.07, 6.45) is 3.47. The lowest BCUT2D eigenvalue weighted by molar-refractivity contribution is -0.110. The van der Waals surface area contributed by atoms with Crippen LogP contribution in [0.1, 0.15) is 11.1 Å². The number of phosphoric ester groups is 1. The monoisotopic (exact) mass is 356 g/mol. The van der Waals surface area contributed by atoms with Crippen molar-refractivity contribution in [3.63, 3.8) is 0 Å². The number of phosphoric acid groups is 1. The van der Waals surface area contributed by atoms with Crippen LogP contribution in [0.15, 0.2) is 48.7 Å². The number of para-hydroxylation sites is 1. The van der Waals surface area contributed by atoms with Crippen LogP contribution in [0.25, 0.3) is 22.6 Å². The number of carbonyl (C=O) groups is 1. The van der Waals surface area contributed by atoms with E-state index < -0.39 is 7.82 Å². The number of carbonyl (C=O) groups excluding carboxylic acids is 1. The highest BCUT2D eigenvalue weighted by Gasteiger charge is 2.24. The Labute approximate surface area is 142 Å². The van der Waals surface area contributed by atoms with E-state index in [4.69, 9.17) is 9.79 Å². The quantitative estimate of drug-likeness (QED) is 0.426. The Balaban J connectivity index is 1.81. The molecule has 4 rings (SSSR count). The van der Waals surface area contributed by atoms with E-state index in [1.807, 2.05) is 24.3 Å². The second-order valence-electron chi connectivity index (χ2n) is 5.59. The van der Waals surface area contributed by atoms with E-state index in [0.717, 1.165) is 16.8 Å². The lowest BCUT2D eigenvalue weighted by atomic mass is 10.0. The van der Waals surface area contributed by atoms with Crippen LogP contribution in [-0.4, -0.2) is 20.7 Å². The Bertz CT molecular complexity index is 1080. The summed E-state index contributed by atoms with van der Waals surface area (Å²) < 4.78 is 15.7. The number of aromatic amines is 1. The van der Waals surface area contributed by atoms with Crippen LogP contribution in [0, 0.1) is 0 Å². The molecule has 2 heterocycles. The third-order valence-corrected chi connectivity index (χ3v) is 4.37. The Hall–Kier alpha value is -2.86. The first-order chi connectivity index (χ1) is 11.9. The molecule has 0 unspecified atom stereocenters. The van der Waals surface area contributed by atoms with Crippen LogP contribution in [0.2, 0.25) is 0 Å². The highest BCUT2D eigenvalue weighted by atomic mass is 31.2. The van der Waals surface area contributed by atoms with Crippen molar-refractivity contribution in [3.05, 3.63) is 59.8 Å². The number of nitrogens with one attached hydrogen (secondary N) is 2. The van der Waals surface area contributed by atoms with Gasteiger partial charge in [0, 0.05) is 39.5 Å². The highest BCUT2D eigenvalue weighted by molar-refractivity contribution is 7.46. The molecular formula is C17H13N2O5P. The third-order valence-electron chi connectivity index (χ3n) is 3.92. The van der Waals surface area contributed by atoms with E-state index in [0.29, 0.717) is 16.5 Å². The van der Waals surface area contributed by atoms with Gasteiger partial charge in [-0.25, -0.2) is 4.57 Å². The molecule has 0 saturated carbocycles. The van der Waals surface area contributed by atoms with Gasteiger partial charge >= 0.3 is 7.82 Å². The van der Waals surface area contributed by atoms with Gasteiger partial charge in [0.05, 0.1) is 0 Å². The molecule has 0 radical (unpaired) electrons. The molecule has 7 nitrogen and oxygen atoms in total. The zero-order chi connectivity index (χ0) is 17.6. The second-order valence-corrected chi connectivity index (χ2v) is 6.75. The minimum atomic E-state index is -4.63. The molecule has 25 heavy (non-hydrogen) atoms. The van der Waals surface area contributed by atoms with Gasteiger partial charge in [0.1, 0.15) is 5.75 Å². The van der Waals surface area contributed by atoms with Gasteiger partial charge in [-0.15, -0.1) is 0 Å². The van der Waals surface area contributed by atoms with Crippen molar-refractivity contribution >= 4 is 42.0 Å². The minimum Gasteiger partial charge on any atom is -0.404 e. The van der Waals surface area contributed by atoms with Crippen LogP contribution in [-0.2, 0) is 9.36 Å². The largest absolute Gasteiger partial charge is 0.524 e. The van der Waals surface area contributed by atoms with E-state index in [2.05, 4.69) is 14.8 Å². The second kappa shape index (κ2) is 5.60. The summed E-state index contributed by atoms with van der Waals surface area (Å²) in [4.78, 5) is 33.2. The van der Waals surface area contributed by atoms with E-state index in [-0.39, 0.29) is 11.7 Å². The standard InChI is InChI=1S/C17H13N2O5P/c20-17-14(12-3-1-2-4-16(12)19-17)7-10-9-18-15-6-5-11(8-13(10)15)24-25(21,22)23/h1-9,18H,(H,19,20)(H2,21,22,23). The first-order valence-corrected chi connectivity index (χ1v) is 8.92. The SMILES string of the molecule is O=C1Nc2ccccc2C1=Cc1c[nH]c2ccc(OP(=O)(O)O)cc12. The lowest BCUT2D eigenvalue weighted by Crippen LogP contribution is -2.03. The first kappa shape index (κ1) is 15.7. The van der Waals surface area contributed by atoms with Gasteiger partial charge in [-0.3, -0.25) is 14.6 Å². The fourth-order valence-electron chi connectivity index (χ4n) is 2.87. The Morgan fingerprint density at radius 3 is 2.72 bits per heavy atom. The molecule has 0 atom stereocenters. The number of benzene rings is 2. The van der Waals surface area contributed by atoms with Crippen molar-refractivity contribution in [2.45, 2.75) is 0 Å². The smallest absolute Gasteiger partial charge is 0.404 e. The van der Waals surface area contributed by atoms with E-state index in [9.17, 15) is 9.36 Å². The molecule has 0 aliphatic carbocycles. The normalized spacial score (nSPS) is 15.4. The van der Waals surface area contributed by atoms with Crippen LogP contribution >= 0.6 is 7.82 Å². The zero-order valence-electron chi connectivity index (χ0n) is 12.8. The summed E-state index contributed by atoms with van der Waals surface area (Å²) in [6, 6.07) is 12.0. The number of amides is 1. The van der Waals surface area contributed by atoms with Gasteiger partial charge < -0.3 is 14.8 Å². The van der Waals surface area contributed by atoms with Crippen molar-refractivity contribution < 1.29 is 23.7 Å². The molecule has 3 aromatic rings. The maximum absolute atomic E-state index is 12.2. The molecular weight excluding hydrogens is 343 g/mol. The minimum absolute atomic E-state index is 0.0522. The fourth-order valence-corrected chi connectivity index (χ4v) is 3.26. The van der Waals surface area contributed by atoms with E-state index in [1.54, 1.807) is 18.3 Å². The molecule has 1 aromatic heterocycles. The molecule has 4 N–H and O–H groups in total. The van der Waals surface area contributed by atoms with Gasteiger partial charge in [0.2, 0.25) is 0 Å². The first-order valence-electron chi connectivity index (χ1n) is 7.39. The Morgan fingerprint density at radius 2 is 1.92 bits per heavy atom. The van der Waals surface area contributed by atoms with Gasteiger partial charge in [-0.05, 0) is 30.3 Å².